The summed E-state index contributed by atoms with van der Waals surface area (Å²) in [6.45, 7) is 5.31. The van der Waals surface area contributed by atoms with Crippen LogP contribution in [0.2, 0.25) is 0 Å². The van der Waals surface area contributed by atoms with Gasteiger partial charge in [0.1, 0.15) is 11.9 Å². The molecule has 0 saturated carbocycles. The van der Waals surface area contributed by atoms with Crippen molar-refractivity contribution in [2.45, 2.75) is 26.4 Å². The van der Waals surface area contributed by atoms with Gasteiger partial charge in [-0.25, -0.2) is 0 Å². The van der Waals surface area contributed by atoms with Gasteiger partial charge < -0.3 is 18.8 Å². The van der Waals surface area contributed by atoms with Crippen molar-refractivity contribution in [2.75, 3.05) is 23.7 Å². The van der Waals surface area contributed by atoms with Crippen LogP contribution >= 0.6 is 11.9 Å². The van der Waals surface area contributed by atoms with E-state index in [0.717, 1.165) is 46.9 Å². The first-order valence-electron chi connectivity index (χ1n) is 8.52. The van der Waals surface area contributed by atoms with E-state index in [1.807, 2.05) is 31.3 Å². The summed E-state index contributed by atoms with van der Waals surface area (Å²) >= 11 is 1.65. The molecule has 1 N–H and O–H groups in total. The average Bonchev–Trinajstić information content (AvgIpc) is 3.11. The molecule has 1 aliphatic rings. The number of hydrogen-bond acceptors (Lipinski definition) is 5. The Morgan fingerprint density at radius 1 is 1.40 bits per heavy atom. The molecule has 25 heavy (non-hydrogen) atoms. The minimum absolute atomic E-state index is 0.0197. The highest BCUT2D eigenvalue weighted by molar-refractivity contribution is 8.00. The van der Waals surface area contributed by atoms with Gasteiger partial charge >= 0.3 is 0 Å². The lowest BCUT2D eigenvalue weighted by Crippen LogP contribution is -2.19. The molecule has 0 aliphatic carbocycles. The lowest BCUT2D eigenvalue weighted by atomic mass is 10.0. The molecule has 0 amide bonds. The zero-order chi connectivity index (χ0) is 17.8. The monoisotopic (exact) mass is 360 g/mol. The number of hydrogen-bond donors (Lipinski definition) is 1. The van der Waals surface area contributed by atoms with Gasteiger partial charge in [-0.3, -0.25) is 4.79 Å². The first-order chi connectivity index (χ1) is 12.1. The molecule has 0 bridgehead atoms. The Labute approximate surface area is 152 Å². The number of benzene rings is 1. The lowest BCUT2D eigenvalue weighted by molar-refractivity contribution is 0.142. The number of aromatic nitrogens is 1. The summed E-state index contributed by atoms with van der Waals surface area (Å²) in [6.07, 6.45) is 2.84. The third-order valence-corrected chi connectivity index (χ3v) is 4.84. The molecule has 1 saturated heterocycles. The number of anilines is 1. The second-order valence-electron chi connectivity index (χ2n) is 6.18. The number of nitrogens with zero attached hydrogens (tertiary/aromatic N) is 1. The van der Waals surface area contributed by atoms with Crippen LogP contribution in [0.4, 0.5) is 5.69 Å². The lowest BCUT2D eigenvalue weighted by Gasteiger charge is -2.18. The molecule has 1 aliphatic heterocycles. The summed E-state index contributed by atoms with van der Waals surface area (Å²) in [5, 5.41) is 0. The summed E-state index contributed by atoms with van der Waals surface area (Å²) in [5.41, 5.74) is 3.71. The molecule has 134 valence electrons. The summed E-state index contributed by atoms with van der Waals surface area (Å²) < 4.78 is 16.6. The van der Waals surface area contributed by atoms with Gasteiger partial charge in [0.25, 0.3) is 5.56 Å². The fourth-order valence-electron chi connectivity index (χ4n) is 2.89. The summed E-state index contributed by atoms with van der Waals surface area (Å²) in [5.74, 6) is 1.80. The fraction of sp³-hybridized carbons (Fsp3) is 0.421. The molecule has 0 radical (unpaired) electrons. The van der Waals surface area contributed by atoms with E-state index in [0.29, 0.717) is 6.61 Å². The molecule has 1 aromatic heterocycles. The minimum atomic E-state index is 0.0197. The van der Waals surface area contributed by atoms with Crippen LogP contribution in [0.15, 0.2) is 35.3 Å². The van der Waals surface area contributed by atoms with Crippen molar-refractivity contribution >= 4 is 17.6 Å². The fourth-order valence-corrected chi connectivity index (χ4v) is 3.33. The van der Waals surface area contributed by atoms with Gasteiger partial charge in [0.2, 0.25) is 0 Å². The van der Waals surface area contributed by atoms with Crippen molar-refractivity contribution < 1.29 is 9.47 Å². The second-order valence-corrected chi connectivity index (χ2v) is 7.25. The van der Waals surface area contributed by atoms with Crippen molar-refractivity contribution in [1.29, 1.82) is 0 Å². The summed E-state index contributed by atoms with van der Waals surface area (Å²) in [4.78, 5) is 12.0. The van der Waals surface area contributed by atoms with Gasteiger partial charge in [0.05, 0.1) is 13.2 Å². The highest BCUT2D eigenvalue weighted by Gasteiger charge is 2.19. The number of aryl methyl sites for hydroxylation is 2. The summed E-state index contributed by atoms with van der Waals surface area (Å²) in [7, 11) is 1.78. The maximum atomic E-state index is 12.0. The van der Waals surface area contributed by atoms with Gasteiger partial charge in [0.15, 0.2) is 0 Å². The highest BCUT2D eigenvalue weighted by atomic mass is 32.2. The van der Waals surface area contributed by atoms with Gasteiger partial charge in [-0.15, -0.1) is 0 Å². The molecule has 5 nitrogen and oxygen atoms in total. The molecule has 3 rings (SSSR count). The van der Waals surface area contributed by atoms with E-state index in [2.05, 4.69) is 17.7 Å². The van der Waals surface area contributed by atoms with E-state index in [1.54, 1.807) is 23.6 Å². The Bertz CT molecular complexity index is 771. The maximum Gasteiger partial charge on any atom is 0.253 e. The van der Waals surface area contributed by atoms with Crippen LogP contribution in [0, 0.1) is 6.92 Å². The largest absolute Gasteiger partial charge is 0.487 e. The van der Waals surface area contributed by atoms with Crippen LogP contribution in [0.3, 0.4) is 0 Å². The molecular formula is C19H24N2O3S. The molecular weight excluding hydrogens is 336 g/mol. The standard InChI is InChI=1S/C19H24N2O3S/c1-4-25-20-15-5-6-18(24-16-7-8-23-12-16)17(10-15)14-9-13(2)19(22)21(3)11-14/h5-6,9-11,16,20H,4,7-8,12H2,1-3H3. The Balaban J connectivity index is 2.01. The van der Waals surface area contributed by atoms with Crippen LogP contribution in [0.1, 0.15) is 18.9 Å². The van der Waals surface area contributed by atoms with Crippen LogP contribution in [0.25, 0.3) is 11.1 Å². The Hall–Kier alpha value is -1.92. The smallest absolute Gasteiger partial charge is 0.253 e. The van der Waals surface area contributed by atoms with E-state index < -0.39 is 0 Å². The van der Waals surface area contributed by atoms with E-state index >= 15 is 0 Å². The van der Waals surface area contributed by atoms with E-state index in [4.69, 9.17) is 9.47 Å². The van der Waals surface area contributed by atoms with Gasteiger partial charge in [-0.05, 0) is 31.2 Å². The molecule has 2 aromatic rings. The molecule has 1 unspecified atom stereocenters. The van der Waals surface area contributed by atoms with Crippen molar-refractivity contribution in [3.8, 4) is 16.9 Å². The zero-order valence-electron chi connectivity index (χ0n) is 14.9. The van der Waals surface area contributed by atoms with Crippen molar-refractivity contribution in [1.82, 2.24) is 4.57 Å². The minimum Gasteiger partial charge on any atom is -0.487 e. The van der Waals surface area contributed by atoms with Crippen molar-refractivity contribution in [3.05, 3.63) is 46.4 Å². The van der Waals surface area contributed by atoms with Crippen LogP contribution in [0.5, 0.6) is 5.75 Å². The topological polar surface area (TPSA) is 52.5 Å². The van der Waals surface area contributed by atoms with Crippen LogP contribution in [-0.4, -0.2) is 29.6 Å². The molecule has 2 heterocycles. The van der Waals surface area contributed by atoms with Crippen molar-refractivity contribution in [3.63, 3.8) is 0 Å². The predicted octanol–water partition coefficient (Wildman–Crippen LogP) is 3.61. The first-order valence-corrected chi connectivity index (χ1v) is 9.51. The number of nitrogens with one attached hydrogen (secondary N) is 1. The Kier molecular flexibility index (Phi) is 5.71. The van der Waals surface area contributed by atoms with Gasteiger partial charge in [-0.1, -0.05) is 18.9 Å². The number of rotatable bonds is 6. The van der Waals surface area contributed by atoms with Crippen molar-refractivity contribution in [2.24, 2.45) is 7.05 Å². The number of pyridine rings is 1. The quantitative estimate of drug-likeness (QED) is 0.798. The van der Waals surface area contributed by atoms with E-state index in [1.165, 1.54) is 0 Å². The molecule has 1 aromatic carbocycles. The predicted molar refractivity (Wildman–Crippen MR) is 103 cm³/mol. The van der Waals surface area contributed by atoms with E-state index in [9.17, 15) is 4.79 Å². The normalized spacial score (nSPS) is 16.8. The van der Waals surface area contributed by atoms with E-state index in [-0.39, 0.29) is 11.7 Å². The van der Waals surface area contributed by atoms with Gasteiger partial charge in [0, 0.05) is 47.8 Å². The molecule has 6 heteroatoms. The molecule has 1 fully saturated rings. The van der Waals surface area contributed by atoms with Gasteiger partial charge in [-0.2, -0.15) is 0 Å². The highest BCUT2D eigenvalue weighted by Crippen LogP contribution is 2.34. The zero-order valence-corrected chi connectivity index (χ0v) is 15.7. The second kappa shape index (κ2) is 7.97. The Morgan fingerprint density at radius 2 is 2.24 bits per heavy atom. The van der Waals surface area contributed by atoms with Crippen LogP contribution < -0.4 is 15.0 Å². The average molecular weight is 360 g/mol. The third kappa shape index (κ3) is 4.19. The SMILES string of the molecule is CCSNc1ccc(OC2CCOC2)c(-c2cc(C)c(=O)n(C)c2)c1. The number of ether oxygens (including phenoxy) is 2. The third-order valence-electron chi connectivity index (χ3n) is 4.17. The Morgan fingerprint density at radius 3 is 2.92 bits per heavy atom. The maximum absolute atomic E-state index is 12.0. The molecule has 1 atom stereocenters. The van der Waals surface area contributed by atoms with Crippen LogP contribution in [-0.2, 0) is 11.8 Å². The first kappa shape index (κ1) is 17.9. The molecule has 0 spiro atoms. The summed E-state index contributed by atoms with van der Waals surface area (Å²) in [6, 6.07) is 8.01.